The maximum absolute atomic E-state index is 13.7. The topological polar surface area (TPSA) is 29.3 Å². The number of nitrogens with zero attached hydrogens (tertiary/aromatic N) is 1. The van der Waals surface area contributed by atoms with E-state index in [0.717, 1.165) is 11.3 Å². The van der Waals surface area contributed by atoms with Crippen LogP contribution in [-0.4, -0.2) is 13.6 Å². The largest absolute Gasteiger partial charge is 0.366 e. The molecule has 2 aromatic rings. The van der Waals surface area contributed by atoms with Crippen LogP contribution in [0.3, 0.4) is 0 Å². The van der Waals surface area contributed by atoms with E-state index in [1.54, 1.807) is 6.07 Å². The highest BCUT2D eigenvalue weighted by molar-refractivity contribution is 9.10. The molecule has 0 aliphatic carbocycles. The molecular weight excluding hydrogens is 319 g/mol. The van der Waals surface area contributed by atoms with E-state index in [4.69, 9.17) is 5.73 Å². The molecule has 0 spiro atoms. The Morgan fingerprint density at radius 2 is 2.00 bits per heavy atom. The molecule has 0 saturated heterocycles. The molecule has 106 valence electrons. The van der Waals surface area contributed by atoms with Gasteiger partial charge in [-0.15, -0.1) is 0 Å². The van der Waals surface area contributed by atoms with Crippen LogP contribution in [0.4, 0.5) is 10.1 Å². The van der Waals surface area contributed by atoms with Gasteiger partial charge in [-0.2, -0.15) is 0 Å². The molecule has 0 radical (unpaired) electrons. The lowest BCUT2D eigenvalue weighted by molar-refractivity contribution is 0.609. The van der Waals surface area contributed by atoms with Gasteiger partial charge < -0.3 is 10.6 Å². The van der Waals surface area contributed by atoms with Gasteiger partial charge in [-0.05, 0) is 58.2 Å². The summed E-state index contributed by atoms with van der Waals surface area (Å²) in [5.74, 6) is -0.265. The summed E-state index contributed by atoms with van der Waals surface area (Å²) in [6.45, 7) is 2.47. The standard InChI is InChI=1S/C16H18BrFN2/c1-11-4-3-5-13(8-11)20(2)16(10-19)12-6-7-14(17)15(18)9-12/h3-9,16H,10,19H2,1-2H3. The molecule has 0 heterocycles. The van der Waals surface area contributed by atoms with Crippen molar-refractivity contribution >= 4 is 21.6 Å². The minimum Gasteiger partial charge on any atom is -0.366 e. The number of rotatable bonds is 4. The van der Waals surface area contributed by atoms with Crippen LogP contribution >= 0.6 is 15.9 Å². The highest BCUT2D eigenvalue weighted by atomic mass is 79.9. The van der Waals surface area contributed by atoms with Gasteiger partial charge >= 0.3 is 0 Å². The summed E-state index contributed by atoms with van der Waals surface area (Å²) in [6, 6.07) is 13.3. The summed E-state index contributed by atoms with van der Waals surface area (Å²) in [5, 5.41) is 0. The molecule has 2 nitrogen and oxygen atoms in total. The van der Waals surface area contributed by atoms with E-state index in [0.29, 0.717) is 11.0 Å². The Morgan fingerprint density at radius 3 is 2.60 bits per heavy atom. The minimum absolute atomic E-state index is 0.0561. The second-order valence-corrected chi connectivity index (χ2v) is 5.73. The molecule has 0 aromatic heterocycles. The maximum atomic E-state index is 13.7. The first-order valence-corrected chi connectivity index (χ1v) is 7.26. The molecule has 0 saturated carbocycles. The lowest BCUT2D eigenvalue weighted by Crippen LogP contribution is -2.30. The van der Waals surface area contributed by atoms with Crippen LogP contribution in [0, 0.1) is 12.7 Å². The first-order valence-electron chi connectivity index (χ1n) is 6.47. The van der Waals surface area contributed by atoms with Crippen LogP contribution in [0.15, 0.2) is 46.9 Å². The smallest absolute Gasteiger partial charge is 0.137 e. The van der Waals surface area contributed by atoms with Crippen molar-refractivity contribution in [2.45, 2.75) is 13.0 Å². The van der Waals surface area contributed by atoms with E-state index < -0.39 is 0 Å². The predicted octanol–water partition coefficient (Wildman–Crippen LogP) is 4.03. The number of likely N-dealkylation sites (N-methyl/N-ethyl adjacent to an activating group) is 1. The molecule has 20 heavy (non-hydrogen) atoms. The molecule has 1 atom stereocenters. The van der Waals surface area contributed by atoms with Crippen molar-refractivity contribution in [3.8, 4) is 0 Å². The average Bonchev–Trinajstić information content (AvgIpc) is 2.43. The lowest BCUT2D eigenvalue weighted by atomic mass is 10.0. The van der Waals surface area contributed by atoms with Gasteiger partial charge in [-0.3, -0.25) is 0 Å². The second-order valence-electron chi connectivity index (χ2n) is 4.87. The van der Waals surface area contributed by atoms with Crippen LogP contribution in [0.2, 0.25) is 0 Å². The molecule has 2 N–H and O–H groups in total. The van der Waals surface area contributed by atoms with Crippen molar-refractivity contribution in [2.24, 2.45) is 5.73 Å². The van der Waals surface area contributed by atoms with Crippen molar-refractivity contribution in [3.63, 3.8) is 0 Å². The van der Waals surface area contributed by atoms with Crippen molar-refractivity contribution in [3.05, 3.63) is 63.9 Å². The Hall–Kier alpha value is -1.39. The Kier molecular flexibility index (Phi) is 4.78. The van der Waals surface area contributed by atoms with Gasteiger partial charge in [0.05, 0.1) is 10.5 Å². The van der Waals surface area contributed by atoms with E-state index >= 15 is 0 Å². The van der Waals surface area contributed by atoms with Crippen LogP contribution in [0.25, 0.3) is 0 Å². The molecule has 2 rings (SSSR count). The van der Waals surface area contributed by atoms with Gasteiger partial charge in [0.2, 0.25) is 0 Å². The summed E-state index contributed by atoms with van der Waals surface area (Å²) in [7, 11) is 1.98. The molecule has 0 aliphatic rings. The number of halogens is 2. The van der Waals surface area contributed by atoms with Gasteiger partial charge in [0.25, 0.3) is 0 Å². The Bertz CT molecular complexity index is 601. The van der Waals surface area contributed by atoms with Crippen LogP contribution in [-0.2, 0) is 0 Å². The van der Waals surface area contributed by atoms with Crippen molar-refractivity contribution in [2.75, 3.05) is 18.5 Å². The van der Waals surface area contributed by atoms with Crippen LogP contribution in [0.1, 0.15) is 17.2 Å². The number of nitrogens with two attached hydrogens (primary N) is 1. The highest BCUT2D eigenvalue weighted by Crippen LogP contribution is 2.27. The fourth-order valence-electron chi connectivity index (χ4n) is 2.26. The summed E-state index contributed by atoms with van der Waals surface area (Å²) in [5.41, 5.74) is 9.03. The van der Waals surface area contributed by atoms with E-state index in [2.05, 4.69) is 26.9 Å². The van der Waals surface area contributed by atoms with E-state index in [-0.39, 0.29) is 11.9 Å². The Labute approximate surface area is 127 Å². The molecule has 4 heteroatoms. The molecule has 2 aromatic carbocycles. The maximum Gasteiger partial charge on any atom is 0.137 e. The minimum atomic E-state index is -0.265. The Balaban J connectivity index is 2.33. The van der Waals surface area contributed by atoms with Crippen LogP contribution in [0.5, 0.6) is 0 Å². The fraction of sp³-hybridized carbons (Fsp3) is 0.250. The molecule has 0 amide bonds. The van der Waals surface area contributed by atoms with E-state index in [1.165, 1.54) is 11.6 Å². The van der Waals surface area contributed by atoms with Gasteiger partial charge in [-0.1, -0.05) is 18.2 Å². The number of anilines is 1. The van der Waals surface area contributed by atoms with Gasteiger partial charge in [-0.25, -0.2) is 4.39 Å². The number of hydrogen-bond acceptors (Lipinski definition) is 2. The number of benzene rings is 2. The molecule has 1 unspecified atom stereocenters. The summed E-state index contributed by atoms with van der Waals surface area (Å²) in [4.78, 5) is 2.08. The zero-order chi connectivity index (χ0) is 14.7. The predicted molar refractivity (Wildman–Crippen MR) is 85.5 cm³/mol. The normalized spacial score (nSPS) is 12.2. The van der Waals surface area contributed by atoms with Crippen molar-refractivity contribution < 1.29 is 4.39 Å². The first-order chi connectivity index (χ1) is 9.52. The third-order valence-corrected chi connectivity index (χ3v) is 4.07. The van der Waals surface area contributed by atoms with Gasteiger partial charge in [0, 0.05) is 19.3 Å². The van der Waals surface area contributed by atoms with Crippen LogP contribution < -0.4 is 10.6 Å². The second kappa shape index (κ2) is 6.37. The average molecular weight is 337 g/mol. The number of hydrogen-bond donors (Lipinski definition) is 1. The lowest BCUT2D eigenvalue weighted by Gasteiger charge is -2.30. The third kappa shape index (κ3) is 3.19. The Morgan fingerprint density at radius 1 is 1.25 bits per heavy atom. The first kappa shape index (κ1) is 15.0. The fourth-order valence-corrected chi connectivity index (χ4v) is 2.51. The van der Waals surface area contributed by atoms with Crippen molar-refractivity contribution in [1.29, 1.82) is 0 Å². The third-order valence-electron chi connectivity index (χ3n) is 3.43. The molecule has 0 aliphatic heterocycles. The van der Waals surface area contributed by atoms with Crippen molar-refractivity contribution in [1.82, 2.24) is 0 Å². The van der Waals surface area contributed by atoms with Gasteiger partial charge in [0.1, 0.15) is 5.82 Å². The summed E-state index contributed by atoms with van der Waals surface area (Å²) < 4.78 is 14.2. The van der Waals surface area contributed by atoms with E-state index in [1.807, 2.05) is 38.2 Å². The highest BCUT2D eigenvalue weighted by Gasteiger charge is 2.17. The SMILES string of the molecule is Cc1cccc(N(C)C(CN)c2ccc(Br)c(F)c2)c1. The quantitative estimate of drug-likeness (QED) is 0.913. The monoisotopic (exact) mass is 336 g/mol. The molecular formula is C16H18BrFN2. The zero-order valence-electron chi connectivity index (χ0n) is 11.6. The summed E-state index contributed by atoms with van der Waals surface area (Å²) in [6.07, 6.45) is 0. The number of aryl methyl sites for hydroxylation is 1. The molecule has 0 bridgehead atoms. The zero-order valence-corrected chi connectivity index (χ0v) is 13.2. The van der Waals surface area contributed by atoms with E-state index in [9.17, 15) is 4.39 Å². The van der Waals surface area contributed by atoms with Gasteiger partial charge in [0.15, 0.2) is 0 Å². The molecule has 0 fully saturated rings. The summed E-state index contributed by atoms with van der Waals surface area (Å²) >= 11 is 3.17.